The molecule has 0 heterocycles. The van der Waals surface area contributed by atoms with E-state index in [-0.39, 0.29) is 18.0 Å². The molecule has 4 aliphatic rings. The normalized spacial score (nSPS) is 49.2. The summed E-state index contributed by atoms with van der Waals surface area (Å²) in [6.45, 7) is 5.32. The van der Waals surface area contributed by atoms with Crippen LogP contribution in [0, 0.1) is 41.4 Å². The summed E-state index contributed by atoms with van der Waals surface area (Å²) in [6.07, 6.45) is 4.06. The summed E-state index contributed by atoms with van der Waals surface area (Å²) in [5.41, 5.74) is 0.450. The molecular formula is C17H22O4. The van der Waals surface area contributed by atoms with Gasteiger partial charge >= 0.3 is 11.9 Å². The Labute approximate surface area is 124 Å². The Morgan fingerprint density at radius 3 is 2.38 bits per heavy atom. The molecule has 0 saturated heterocycles. The van der Waals surface area contributed by atoms with Crippen LogP contribution >= 0.6 is 0 Å². The Morgan fingerprint density at radius 1 is 1.05 bits per heavy atom. The highest BCUT2D eigenvalue weighted by Gasteiger charge is 2.66. The van der Waals surface area contributed by atoms with E-state index in [9.17, 15) is 14.7 Å². The molecule has 4 heteroatoms. The predicted octanol–water partition coefficient (Wildman–Crippen LogP) is 2.49. The minimum Gasteiger partial charge on any atom is -0.481 e. The number of carboxylic acids is 1. The zero-order valence-electron chi connectivity index (χ0n) is 12.3. The van der Waals surface area contributed by atoms with Crippen molar-refractivity contribution in [1.29, 1.82) is 0 Å². The van der Waals surface area contributed by atoms with Crippen LogP contribution in [0.15, 0.2) is 12.2 Å². The summed E-state index contributed by atoms with van der Waals surface area (Å²) >= 11 is 0. The van der Waals surface area contributed by atoms with Crippen LogP contribution in [0.5, 0.6) is 0 Å². The summed E-state index contributed by atoms with van der Waals surface area (Å²) in [4.78, 5) is 23.2. The maximum absolute atomic E-state index is 11.8. The molecule has 114 valence electrons. The van der Waals surface area contributed by atoms with Crippen molar-refractivity contribution in [2.24, 2.45) is 41.4 Å². The van der Waals surface area contributed by atoms with Crippen LogP contribution in [0.25, 0.3) is 0 Å². The Balaban J connectivity index is 1.53. The first-order valence-electron chi connectivity index (χ1n) is 8.06. The first kappa shape index (κ1) is 13.4. The molecule has 4 nitrogen and oxygen atoms in total. The molecule has 4 rings (SSSR count). The Kier molecular flexibility index (Phi) is 2.76. The second kappa shape index (κ2) is 4.34. The topological polar surface area (TPSA) is 63.6 Å². The highest BCUT2D eigenvalue weighted by atomic mass is 16.5. The fourth-order valence-corrected chi connectivity index (χ4v) is 6.20. The van der Waals surface area contributed by atoms with Gasteiger partial charge in [0.25, 0.3) is 0 Å². The third-order valence-corrected chi connectivity index (χ3v) is 6.68. The largest absolute Gasteiger partial charge is 0.481 e. The summed E-state index contributed by atoms with van der Waals surface area (Å²) in [7, 11) is 0. The van der Waals surface area contributed by atoms with Crippen LogP contribution in [-0.4, -0.2) is 23.1 Å². The molecule has 0 aromatic rings. The lowest BCUT2D eigenvalue weighted by Gasteiger charge is -2.40. The van der Waals surface area contributed by atoms with Gasteiger partial charge in [0, 0.05) is 5.57 Å². The van der Waals surface area contributed by atoms with Crippen molar-refractivity contribution in [3.63, 3.8) is 0 Å². The van der Waals surface area contributed by atoms with Gasteiger partial charge in [-0.1, -0.05) is 6.58 Å². The zero-order valence-corrected chi connectivity index (χ0v) is 12.3. The average molecular weight is 290 g/mol. The van der Waals surface area contributed by atoms with Gasteiger partial charge in [0.15, 0.2) is 0 Å². The molecular weight excluding hydrogens is 268 g/mol. The van der Waals surface area contributed by atoms with E-state index in [1.165, 1.54) is 0 Å². The lowest BCUT2D eigenvalue weighted by Crippen LogP contribution is -2.41. The highest BCUT2D eigenvalue weighted by Crippen LogP contribution is 2.69. The van der Waals surface area contributed by atoms with Crippen LogP contribution in [0.3, 0.4) is 0 Å². The van der Waals surface area contributed by atoms with Crippen LogP contribution in [0.4, 0.5) is 0 Å². The van der Waals surface area contributed by atoms with Crippen molar-refractivity contribution in [2.45, 2.75) is 38.7 Å². The number of carbonyl (C=O) groups is 2. The van der Waals surface area contributed by atoms with Gasteiger partial charge in [-0.05, 0) is 68.1 Å². The predicted molar refractivity (Wildman–Crippen MR) is 75.2 cm³/mol. The van der Waals surface area contributed by atoms with Gasteiger partial charge in [0.05, 0.1) is 5.92 Å². The molecule has 8 atom stereocenters. The van der Waals surface area contributed by atoms with Gasteiger partial charge in [-0.25, -0.2) is 4.79 Å². The van der Waals surface area contributed by atoms with Gasteiger partial charge < -0.3 is 9.84 Å². The Bertz CT molecular complexity index is 525. The average Bonchev–Trinajstić information content (AvgIpc) is 3.15. The highest BCUT2D eigenvalue weighted by molar-refractivity contribution is 5.87. The first-order valence-corrected chi connectivity index (χ1v) is 8.06. The number of fused-ring (bicyclic) bond motifs is 9. The van der Waals surface area contributed by atoms with Crippen molar-refractivity contribution >= 4 is 11.9 Å². The Morgan fingerprint density at radius 2 is 1.71 bits per heavy atom. The summed E-state index contributed by atoms with van der Waals surface area (Å²) < 4.78 is 5.63. The number of esters is 1. The number of ether oxygens (including phenoxy) is 1. The van der Waals surface area contributed by atoms with Crippen molar-refractivity contribution in [1.82, 2.24) is 0 Å². The van der Waals surface area contributed by atoms with E-state index < -0.39 is 5.97 Å². The van der Waals surface area contributed by atoms with Crippen molar-refractivity contribution in [3.05, 3.63) is 12.2 Å². The minimum atomic E-state index is -0.626. The van der Waals surface area contributed by atoms with E-state index >= 15 is 0 Å². The number of carbonyl (C=O) groups excluding carboxylic acids is 1. The lowest BCUT2D eigenvalue weighted by molar-refractivity contribution is -0.153. The number of hydrogen-bond donors (Lipinski definition) is 1. The molecule has 4 fully saturated rings. The SMILES string of the molecule is C=C(C)C(=O)OC1CC2CC1C1C3CC(CC3C(=O)O)C21. The van der Waals surface area contributed by atoms with Crippen LogP contribution in [0.1, 0.15) is 32.6 Å². The molecule has 4 saturated carbocycles. The fraction of sp³-hybridized carbons (Fsp3) is 0.765. The van der Waals surface area contributed by atoms with E-state index in [0.717, 1.165) is 25.7 Å². The van der Waals surface area contributed by atoms with Crippen LogP contribution in [0.2, 0.25) is 0 Å². The quantitative estimate of drug-likeness (QED) is 0.493. The molecule has 0 aromatic carbocycles. The number of hydrogen-bond acceptors (Lipinski definition) is 3. The molecule has 1 N–H and O–H groups in total. The van der Waals surface area contributed by atoms with Crippen LogP contribution in [-0.2, 0) is 14.3 Å². The van der Waals surface area contributed by atoms with Crippen molar-refractivity contribution in [3.8, 4) is 0 Å². The monoisotopic (exact) mass is 290 g/mol. The minimum absolute atomic E-state index is 0.00533. The van der Waals surface area contributed by atoms with E-state index in [1.807, 2.05) is 0 Å². The van der Waals surface area contributed by atoms with Gasteiger partial charge in [0.2, 0.25) is 0 Å². The molecule has 4 aliphatic carbocycles. The fourth-order valence-electron chi connectivity index (χ4n) is 6.20. The lowest BCUT2D eigenvalue weighted by atomic mass is 9.67. The molecule has 0 amide bonds. The summed E-state index contributed by atoms with van der Waals surface area (Å²) in [5, 5.41) is 9.41. The van der Waals surface area contributed by atoms with Crippen LogP contribution < -0.4 is 0 Å². The number of carboxylic acid groups (broad SMARTS) is 1. The van der Waals surface area contributed by atoms with Crippen molar-refractivity contribution < 1.29 is 19.4 Å². The maximum Gasteiger partial charge on any atom is 0.333 e. The van der Waals surface area contributed by atoms with E-state index in [2.05, 4.69) is 6.58 Å². The smallest absolute Gasteiger partial charge is 0.333 e. The summed E-state index contributed by atoms with van der Waals surface area (Å²) in [6, 6.07) is 0. The first-order chi connectivity index (χ1) is 9.97. The molecule has 8 unspecified atom stereocenters. The molecule has 4 bridgehead atoms. The maximum atomic E-state index is 11.8. The molecule has 0 aliphatic heterocycles. The van der Waals surface area contributed by atoms with Crippen molar-refractivity contribution in [2.75, 3.05) is 0 Å². The standard InChI is InChI=1S/C17H22O4/c1-7(2)17(20)21-13-6-9-5-12(13)15-10-3-8(14(9)15)4-11(10)16(18)19/h8-15H,1,3-6H2,2H3,(H,18,19). The third-order valence-electron chi connectivity index (χ3n) is 6.68. The summed E-state index contributed by atoms with van der Waals surface area (Å²) in [5.74, 6) is 2.07. The molecule has 0 spiro atoms. The second-order valence-electron chi connectivity index (χ2n) is 7.61. The van der Waals surface area contributed by atoms with E-state index in [4.69, 9.17) is 4.74 Å². The number of rotatable bonds is 3. The number of aliphatic carboxylic acids is 1. The van der Waals surface area contributed by atoms with Gasteiger partial charge in [-0.2, -0.15) is 0 Å². The second-order valence-corrected chi connectivity index (χ2v) is 7.61. The Hall–Kier alpha value is -1.32. The molecule has 0 radical (unpaired) electrons. The van der Waals surface area contributed by atoms with E-state index in [0.29, 0.717) is 41.1 Å². The third kappa shape index (κ3) is 1.74. The molecule has 0 aromatic heterocycles. The van der Waals surface area contributed by atoms with Gasteiger partial charge in [-0.3, -0.25) is 4.79 Å². The van der Waals surface area contributed by atoms with E-state index in [1.54, 1.807) is 6.92 Å². The van der Waals surface area contributed by atoms with Gasteiger partial charge in [-0.15, -0.1) is 0 Å². The zero-order chi connectivity index (χ0) is 14.9. The molecule has 21 heavy (non-hydrogen) atoms. The van der Waals surface area contributed by atoms with Gasteiger partial charge in [0.1, 0.15) is 6.10 Å².